The number of carbonyl (C=O) groups excluding carboxylic acids is 4. The summed E-state index contributed by atoms with van der Waals surface area (Å²) < 4.78 is 0. The summed E-state index contributed by atoms with van der Waals surface area (Å²) in [5.74, 6) is -2.73. The molecule has 0 radical (unpaired) electrons. The summed E-state index contributed by atoms with van der Waals surface area (Å²) in [5, 5.41) is 12.5. The minimum absolute atomic E-state index is 0.316. The molecule has 0 bridgehead atoms. The van der Waals surface area contributed by atoms with Crippen LogP contribution in [0.4, 0.5) is 11.4 Å². The Labute approximate surface area is 278 Å². The molecule has 8 rings (SSSR count). The van der Waals surface area contributed by atoms with Crippen LogP contribution in [0.1, 0.15) is 22.3 Å². The van der Waals surface area contributed by atoms with Gasteiger partial charge < -0.3 is 31.1 Å². The molecule has 10 nitrogen and oxygen atoms in total. The Bertz CT molecular complexity index is 1840. The van der Waals surface area contributed by atoms with E-state index in [1.165, 1.54) is 0 Å². The van der Waals surface area contributed by atoms with Crippen LogP contribution in [0.2, 0.25) is 0 Å². The van der Waals surface area contributed by atoms with Crippen LogP contribution in [0.15, 0.2) is 109 Å². The summed E-state index contributed by atoms with van der Waals surface area (Å²) in [7, 11) is 3.41. The highest BCUT2D eigenvalue weighted by Gasteiger charge is 2.71. The van der Waals surface area contributed by atoms with Crippen LogP contribution in [0, 0.1) is 0 Å². The lowest BCUT2D eigenvalue weighted by Crippen LogP contribution is -2.71. The van der Waals surface area contributed by atoms with Gasteiger partial charge in [-0.3, -0.25) is 19.2 Å². The van der Waals surface area contributed by atoms with Crippen LogP contribution >= 0.6 is 0 Å². The van der Waals surface area contributed by atoms with E-state index in [-0.39, 0.29) is 11.8 Å². The lowest BCUT2D eigenvalue weighted by Gasteiger charge is -2.40. The number of amides is 4. The molecule has 2 fully saturated rings. The second-order valence-corrected chi connectivity index (χ2v) is 13.6. The third-order valence-corrected chi connectivity index (χ3v) is 10.8. The van der Waals surface area contributed by atoms with E-state index in [4.69, 9.17) is 0 Å². The number of carbonyl (C=O) groups is 4. The van der Waals surface area contributed by atoms with E-state index in [1.807, 2.05) is 109 Å². The number of hydrogen-bond acceptors (Lipinski definition) is 6. The maximum absolute atomic E-state index is 14.2. The van der Waals surface area contributed by atoms with Crippen LogP contribution in [0.25, 0.3) is 0 Å². The number of likely N-dealkylation sites (N-methyl/N-ethyl adjacent to an activating group) is 2. The summed E-state index contributed by atoms with van der Waals surface area (Å²) in [4.78, 5) is 60.1. The molecule has 4 N–H and O–H groups in total. The maximum atomic E-state index is 14.2. The van der Waals surface area contributed by atoms with E-state index < -0.39 is 34.0 Å². The van der Waals surface area contributed by atoms with Gasteiger partial charge in [-0.05, 0) is 47.2 Å². The average Bonchev–Trinajstić information content (AvgIpc) is 3.65. The molecule has 4 amide bonds. The van der Waals surface area contributed by atoms with Crippen molar-refractivity contribution in [3.05, 3.63) is 131 Å². The molecule has 0 unspecified atom stereocenters. The van der Waals surface area contributed by atoms with Crippen molar-refractivity contribution in [3.8, 4) is 0 Å². The number of hydrogen-bond donors (Lipinski definition) is 4. The van der Waals surface area contributed by atoms with Crippen molar-refractivity contribution in [2.75, 3.05) is 37.8 Å². The number of benzene rings is 4. The normalized spacial score (nSPS) is 27.8. The number of nitrogens with zero attached hydrogens (tertiary/aromatic N) is 2. The highest BCUT2D eigenvalue weighted by atomic mass is 16.2. The van der Waals surface area contributed by atoms with Gasteiger partial charge in [0, 0.05) is 38.6 Å². The molecule has 0 saturated carbocycles. The van der Waals surface area contributed by atoms with Crippen molar-refractivity contribution in [2.24, 2.45) is 0 Å². The molecule has 4 aliphatic heterocycles. The average molecular weight is 641 g/mol. The molecule has 4 aliphatic rings. The highest BCUT2D eigenvalue weighted by Crippen LogP contribution is 2.54. The van der Waals surface area contributed by atoms with E-state index in [0.29, 0.717) is 25.9 Å². The molecule has 2 saturated heterocycles. The Kier molecular flexibility index (Phi) is 6.46. The number of nitrogens with one attached hydrogen (secondary N) is 4. The summed E-state index contributed by atoms with van der Waals surface area (Å²) in [5.41, 5.74) is 0.0440. The van der Waals surface area contributed by atoms with Crippen LogP contribution in [0.5, 0.6) is 0 Å². The number of rotatable bonds is 6. The first-order valence-electron chi connectivity index (χ1n) is 16.1. The summed E-state index contributed by atoms with van der Waals surface area (Å²) >= 11 is 0. The molecule has 242 valence electrons. The smallest absolute Gasteiger partial charge is 0.311 e. The van der Waals surface area contributed by atoms with E-state index in [9.17, 15) is 19.2 Å². The molecule has 4 aromatic rings. The number of para-hydroxylation sites is 2. The van der Waals surface area contributed by atoms with Crippen molar-refractivity contribution in [1.82, 2.24) is 20.4 Å². The summed E-state index contributed by atoms with van der Waals surface area (Å²) in [6, 6.07) is 34.9. The van der Waals surface area contributed by atoms with E-state index in [2.05, 4.69) is 21.3 Å². The highest BCUT2D eigenvalue weighted by molar-refractivity contribution is 6.37. The molecule has 4 atom stereocenters. The largest absolute Gasteiger partial charge is 0.354 e. The maximum Gasteiger partial charge on any atom is 0.311 e. The Morgan fingerprint density at radius 1 is 0.583 bits per heavy atom. The van der Waals surface area contributed by atoms with Crippen LogP contribution in [-0.4, -0.2) is 71.9 Å². The molecular formula is C38H36N6O4. The van der Waals surface area contributed by atoms with Crippen LogP contribution in [-0.2, 0) is 42.8 Å². The van der Waals surface area contributed by atoms with Gasteiger partial charge in [-0.2, -0.15) is 0 Å². The minimum Gasteiger partial charge on any atom is -0.354 e. The van der Waals surface area contributed by atoms with Gasteiger partial charge in [0.05, 0.1) is 10.8 Å². The number of anilines is 2. The topological polar surface area (TPSA) is 123 Å². The molecule has 48 heavy (non-hydrogen) atoms. The Balaban J connectivity index is 1.18. The SMILES string of the molecule is CN1C[C@@]2(Cc3ccccc3)c3ccccc3N[C@@]2(NC(=O)C(=O)N[C@]23Nc4ccccc4[C@@]2(Cc2ccccc2)CN(C)C3=O)C1=O. The minimum atomic E-state index is -1.64. The lowest BCUT2D eigenvalue weighted by atomic mass is 9.70. The van der Waals surface area contributed by atoms with Gasteiger partial charge in [-0.1, -0.05) is 97.1 Å². The van der Waals surface area contributed by atoms with Crippen molar-refractivity contribution >= 4 is 35.0 Å². The van der Waals surface area contributed by atoms with Gasteiger partial charge >= 0.3 is 11.8 Å². The van der Waals surface area contributed by atoms with Gasteiger partial charge in [0.1, 0.15) is 0 Å². The first-order valence-corrected chi connectivity index (χ1v) is 16.1. The van der Waals surface area contributed by atoms with Crippen molar-refractivity contribution in [1.29, 1.82) is 0 Å². The molecule has 4 aromatic carbocycles. The third-order valence-electron chi connectivity index (χ3n) is 10.8. The molecule has 4 heterocycles. The Hall–Kier alpha value is -5.64. The predicted molar refractivity (Wildman–Crippen MR) is 181 cm³/mol. The molecule has 0 aliphatic carbocycles. The van der Waals surface area contributed by atoms with Crippen molar-refractivity contribution in [2.45, 2.75) is 35.0 Å². The summed E-state index contributed by atoms with van der Waals surface area (Å²) in [6.07, 6.45) is 0.861. The van der Waals surface area contributed by atoms with Gasteiger partial charge in [-0.25, -0.2) is 0 Å². The predicted octanol–water partition coefficient (Wildman–Crippen LogP) is 2.77. The Morgan fingerprint density at radius 3 is 1.33 bits per heavy atom. The fourth-order valence-electron chi connectivity index (χ4n) is 8.83. The quantitative estimate of drug-likeness (QED) is 0.241. The Morgan fingerprint density at radius 2 is 0.938 bits per heavy atom. The molecule has 10 heteroatoms. The fourth-order valence-corrected chi connectivity index (χ4v) is 8.83. The van der Waals surface area contributed by atoms with Gasteiger partial charge in [0.25, 0.3) is 11.8 Å². The first-order chi connectivity index (χ1) is 23.1. The number of fused-ring (bicyclic) bond motifs is 6. The zero-order valence-electron chi connectivity index (χ0n) is 26.7. The van der Waals surface area contributed by atoms with Crippen molar-refractivity contribution in [3.63, 3.8) is 0 Å². The fraction of sp³-hybridized carbons (Fsp3) is 0.263. The van der Waals surface area contributed by atoms with Crippen molar-refractivity contribution < 1.29 is 19.2 Å². The zero-order valence-corrected chi connectivity index (χ0v) is 26.7. The van der Waals surface area contributed by atoms with E-state index in [1.54, 1.807) is 23.9 Å². The molecular weight excluding hydrogens is 604 g/mol. The van der Waals surface area contributed by atoms with Gasteiger partial charge in [-0.15, -0.1) is 0 Å². The monoisotopic (exact) mass is 640 g/mol. The molecule has 0 aromatic heterocycles. The van der Waals surface area contributed by atoms with Crippen LogP contribution in [0.3, 0.4) is 0 Å². The number of likely N-dealkylation sites (tertiary alicyclic amines) is 2. The summed E-state index contributed by atoms with van der Waals surface area (Å²) in [6.45, 7) is 0.633. The zero-order chi connectivity index (χ0) is 33.3. The van der Waals surface area contributed by atoms with Crippen LogP contribution < -0.4 is 21.3 Å². The first kappa shape index (κ1) is 29.7. The van der Waals surface area contributed by atoms with E-state index in [0.717, 1.165) is 33.6 Å². The lowest BCUT2D eigenvalue weighted by molar-refractivity contribution is -0.145. The second-order valence-electron chi connectivity index (χ2n) is 13.6. The third kappa shape index (κ3) is 3.92. The second kappa shape index (κ2) is 10.4. The van der Waals surface area contributed by atoms with Gasteiger partial charge in [0.15, 0.2) is 0 Å². The van der Waals surface area contributed by atoms with Gasteiger partial charge in [0.2, 0.25) is 11.3 Å². The standard InChI is InChI=1S/C38H36N6O4/c1-43-23-35(21-25-13-5-3-6-14-25)27-17-9-11-19-29(27)39-37(35,33(43)47)41-31(45)32(46)42-38-34(48)44(2)24-36(38,22-26-15-7-4-8-16-26)28-18-10-12-20-30(28)40-38/h3-20,39-40H,21-24H2,1-2H3,(H,41,45)(H,42,46)/t35-,36+,37+,38-. The molecule has 0 spiro atoms. The van der Waals surface area contributed by atoms with E-state index >= 15 is 0 Å².